The van der Waals surface area contributed by atoms with E-state index < -0.39 is 0 Å². The van der Waals surface area contributed by atoms with Crippen molar-refractivity contribution in [3.05, 3.63) is 71.5 Å². The van der Waals surface area contributed by atoms with E-state index in [9.17, 15) is 4.79 Å². The second kappa shape index (κ2) is 7.52. The highest BCUT2D eigenvalue weighted by Gasteiger charge is 2.12. The first-order chi connectivity index (χ1) is 12.5. The number of aromatic nitrogens is 2. The summed E-state index contributed by atoms with van der Waals surface area (Å²) in [5, 5.41) is 0. The highest BCUT2D eigenvalue weighted by molar-refractivity contribution is 5.96. The van der Waals surface area contributed by atoms with Crippen LogP contribution in [0.3, 0.4) is 0 Å². The van der Waals surface area contributed by atoms with Crippen LogP contribution in [-0.4, -0.2) is 15.9 Å². The van der Waals surface area contributed by atoms with Gasteiger partial charge in [-0.05, 0) is 37.6 Å². The molecule has 0 unspecified atom stereocenters. The summed E-state index contributed by atoms with van der Waals surface area (Å²) in [4.78, 5) is 20.4. The first-order valence-electron chi connectivity index (χ1n) is 8.01. The lowest BCUT2D eigenvalue weighted by molar-refractivity contribution is 0.0962. The van der Waals surface area contributed by atoms with Crippen LogP contribution >= 0.6 is 0 Å². The van der Waals surface area contributed by atoms with Crippen molar-refractivity contribution < 1.29 is 9.53 Å². The van der Waals surface area contributed by atoms with E-state index in [0.29, 0.717) is 11.3 Å². The van der Waals surface area contributed by atoms with Gasteiger partial charge in [-0.15, -0.1) is 0 Å². The van der Waals surface area contributed by atoms with Crippen LogP contribution in [0.4, 0.5) is 11.5 Å². The number of nitrogens with zero attached hydrogens (tertiary/aromatic N) is 2. The van der Waals surface area contributed by atoms with Crippen LogP contribution in [0.15, 0.2) is 54.9 Å². The van der Waals surface area contributed by atoms with Crippen molar-refractivity contribution in [3.8, 4) is 11.6 Å². The standard InChI is InChI=1S/C19H19N5O2/c1-12-7-9-14(10-8-12)26-19-16(20)17(21-11-22-19)23-24-18(25)15-6-4-3-5-13(15)2/h3-11H,20H2,1-2H3,(H,24,25)(H,21,22,23). The topological polar surface area (TPSA) is 102 Å². The first kappa shape index (κ1) is 17.2. The Morgan fingerprint density at radius 2 is 1.77 bits per heavy atom. The Bertz CT molecular complexity index is 925. The van der Waals surface area contributed by atoms with E-state index in [-0.39, 0.29) is 23.3 Å². The Labute approximate surface area is 151 Å². The number of hydrazine groups is 1. The largest absolute Gasteiger partial charge is 0.437 e. The number of carbonyl (C=O) groups is 1. The van der Waals surface area contributed by atoms with Gasteiger partial charge in [0.05, 0.1) is 0 Å². The van der Waals surface area contributed by atoms with Gasteiger partial charge in [-0.1, -0.05) is 35.9 Å². The summed E-state index contributed by atoms with van der Waals surface area (Å²) in [5.41, 5.74) is 14.1. The smallest absolute Gasteiger partial charge is 0.269 e. The van der Waals surface area contributed by atoms with E-state index in [1.54, 1.807) is 12.1 Å². The van der Waals surface area contributed by atoms with Crippen LogP contribution in [0.5, 0.6) is 11.6 Å². The van der Waals surface area contributed by atoms with Crippen LogP contribution in [0.25, 0.3) is 0 Å². The van der Waals surface area contributed by atoms with Crippen LogP contribution in [0.1, 0.15) is 21.5 Å². The van der Waals surface area contributed by atoms with Crippen molar-refractivity contribution >= 4 is 17.4 Å². The van der Waals surface area contributed by atoms with E-state index in [1.165, 1.54) is 6.33 Å². The monoisotopic (exact) mass is 349 g/mol. The van der Waals surface area contributed by atoms with Gasteiger partial charge in [0.15, 0.2) is 5.82 Å². The maximum atomic E-state index is 12.3. The van der Waals surface area contributed by atoms with Gasteiger partial charge in [0.25, 0.3) is 5.91 Å². The number of hydrogen-bond donors (Lipinski definition) is 3. The second-order valence-corrected chi connectivity index (χ2v) is 5.75. The number of carbonyl (C=O) groups excluding carboxylic acids is 1. The molecule has 1 heterocycles. The average Bonchev–Trinajstić information content (AvgIpc) is 2.64. The Balaban J connectivity index is 1.72. The molecule has 0 radical (unpaired) electrons. The number of nitrogen functional groups attached to an aromatic ring is 1. The van der Waals surface area contributed by atoms with Crippen molar-refractivity contribution in [1.29, 1.82) is 0 Å². The molecule has 0 spiro atoms. The summed E-state index contributed by atoms with van der Waals surface area (Å²) < 4.78 is 5.69. The van der Waals surface area contributed by atoms with Gasteiger partial charge in [-0.2, -0.15) is 4.98 Å². The molecule has 0 aliphatic carbocycles. The molecule has 3 aromatic rings. The van der Waals surface area contributed by atoms with Crippen molar-refractivity contribution in [1.82, 2.24) is 15.4 Å². The summed E-state index contributed by atoms with van der Waals surface area (Å²) in [6, 6.07) is 14.8. The zero-order valence-electron chi connectivity index (χ0n) is 14.5. The molecule has 0 aliphatic rings. The zero-order valence-corrected chi connectivity index (χ0v) is 14.5. The predicted molar refractivity (Wildman–Crippen MR) is 100.0 cm³/mol. The number of aryl methyl sites for hydroxylation is 2. The van der Waals surface area contributed by atoms with E-state index in [2.05, 4.69) is 20.8 Å². The van der Waals surface area contributed by atoms with Gasteiger partial charge in [0.2, 0.25) is 5.88 Å². The Hall–Kier alpha value is -3.61. The molecule has 1 aromatic heterocycles. The van der Waals surface area contributed by atoms with Crippen LogP contribution in [0.2, 0.25) is 0 Å². The highest BCUT2D eigenvalue weighted by Crippen LogP contribution is 2.28. The lowest BCUT2D eigenvalue weighted by atomic mass is 10.1. The molecular weight excluding hydrogens is 330 g/mol. The maximum absolute atomic E-state index is 12.3. The number of nitrogens with two attached hydrogens (primary N) is 1. The lowest BCUT2D eigenvalue weighted by Crippen LogP contribution is -2.30. The lowest BCUT2D eigenvalue weighted by Gasteiger charge is -2.13. The van der Waals surface area contributed by atoms with Crippen molar-refractivity contribution in [2.45, 2.75) is 13.8 Å². The third kappa shape index (κ3) is 3.89. The minimum atomic E-state index is -0.290. The molecule has 132 valence electrons. The molecule has 1 amide bonds. The summed E-state index contributed by atoms with van der Waals surface area (Å²) in [6.45, 7) is 3.85. The van der Waals surface area contributed by atoms with Gasteiger partial charge in [0.1, 0.15) is 17.8 Å². The Morgan fingerprint density at radius 3 is 2.50 bits per heavy atom. The first-order valence-corrected chi connectivity index (χ1v) is 8.01. The summed E-state index contributed by atoms with van der Waals surface area (Å²) in [5.74, 6) is 0.776. The SMILES string of the molecule is Cc1ccc(Oc2ncnc(NNC(=O)c3ccccc3C)c2N)cc1. The minimum Gasteiger partial charge on any atom is -0.437 e. The van der Waals surface area contributed by atoms with Crippen molar-refractivity contribution in [2.24, 2.45) is 0 Å². The second-order valence-electron chi connectivity index (χ2n) is 5.75. The van der Waals surface area contributed by atoms with E-state index in [4.69, 9.17) is 10.5 Å². The summed E-state index contributed by atoms with van der Waals surface area (Å²) in [6.07, 6.45) is 1.31. The summed E-state index contributed by atoms with van der Waals surface area (Å²) in [7, 11) is 0. The van der Waals surface area contributed by atoms with E-state index in [0.717, 1.165) is 11.1 Å². The fourth-order valence-electron chi connectivity index (χ4n) is 2.29. The molecule has 26 heavy (non-hydrogen) atoms. The summed E-state index contributed by atoms with van der Waals surface area (Å²) >= 11 is 0. The molecular formula is C19H19N5O2. The molecule has 3 rings (SSSR count). The minimum absolute atomic E-state index is 0.193. The fourth-order valence-corrected chi connectivity index (χ4v) is 2.29. The molecule has 0 saturated heterocycles. The van der Waals surface area contributed by atoms with Crippen LogP contribution in [0, 0.1) is 13.8 Å². The molecule has 0 bridgehead atoms. The molecule has 0 aliphatic heterocycles. The number of benzene rings is 2. The van der Waals surface area contributed by atoms with Gasteiger partial charge in [-0.3, -0.25) is 15.6 Å². The number of nitrogens with one attached hydrogen (secondary N) is 2. The average molecular weight is 349 g/mol. The normalized spacial score (nSPS) is 10.2. The highest BCUT2D eigenvalue weighted by atomic mass is 16.5. The fraction of sp³-hybridized carbons (Fsp3) is 0.105. The molecule has 0 saturated carbocycles. The molecule has 7 heteroatoms. The van der Waals surface area contributed by atoms with Crippen LogP contribution in [-0.2, 0) is 0 Å². The molecule has 2 aromatic carbocycles. The third-order valence-corrected chi connectivity index (χ3v) is 3.77. The van der Waals surface area contributed by atoms with Crippen LogP contribution < -0.4 is 21.3 Å². The number of ether oxygens (including phenoxy) is 1. The Morgan fingerprint density at radius 1 is 1.04 bits per heavy atom. The molecule has 0 fully saturated rings. The molecule has 0 atom stereocenters. The maximum Gasteiger partial charge on any atom is 0.269 e. The number of amides is 1. The van der Waals surface area contributed by atoms with Gasteiger partial charge in [-0.25, -0.2) is 4.98 Å². The molecule has 7 nitrogen and oxygen atoms in total. The number of hydrogen-bond acceptors (Lipinski definition) is 6. The van der Waals surface area contributed by atoms with E-state index >= 15 is 0 Å². The Kier molecular flexibility index (Phi) is 4.98. The predicted octanol–water partition coefficient (Wildman–Crippen LogP) is 3.22. The van der Waals surface area contributed by atoms with Crippen molar-refractivity contribution in [3.63, 3.8) is 0 Å². The number of rotatable bonds is 5. The van der Waals surface area contributed by atoms with E-state index in [1.807, 2.05) is 50.2 Å². The molecule has 4 N–H and O–H groups in total. The quantitative estimate of drug-likeness (QED) is 0.611. The van der Waals surface area contributed by atoms with Gasteiger partial charge >= 0.3 is 0 Å². The van der Waals surface area contributed by atoms with Gasteiger partial charge in [0, 0.05) is 5.56 Å². The zero-order chi connectivity index (χ0) is 18.5. The van der Waals surface area contributed by atoms with Crippen molar-refractivity contribution in [2.75, 3.05) is 11.2 Å². The number of anilines is 2. The van der Waals surface area contributed by atoms with Gasteiger partial charge < -0.3 is 10.5 Å². The third-order valence-electron chi connectivity index (χ3n) is 3.77.